The molecule has 2 N–H and O–H groups in total. The van der Waals surface area contributed by atoms with Crippen molar-refractivity contribution in [1.82, 2.24) is 0 Å². The van der Waals surface area contributed by atoms with Crippen LogP contribution in [0.2, 0.25) is 5.02 Å². The molecule has 0 aliphatic heterocycles. The van der Waals surface area contributed by atoms with Gasteiger partial charge in [-0.3, -0.25) is 4.79 Å². The number of halogens is 1. The summed E-state index contributed by atoms with van der Waals surface area (Å²) in [6.45, 7) is 1.74. The van der Waals surface area contributed by atoms with Gasteiger partial charge in [0, 0.05) is 10.6 Å². The fourth-order valence-corrected chi connectivity index (χ4v) is 1.06. The Morgan fingerprint density at radius 3 is 2.43 bits per heavy atom. The number of ketones is 1. The zero-order valence-corrected chi connectivity index (χ0v) is 7.75. The van der Waals surface area contributed by atoms with Crippen LogP contribution in [0, 0.1) is 6.92 Å². The fraction of sp³-hybridized carbons (Fsp3) is 0.222. The monoisotopic (exact) mass is 224 g/mol. The summed E-state index contributed by atoms with van der Waals surface area (Å²) in [5.41, 5.74) is 0.977. The molecule has 0 heterocycles. The molecule has 0 aromatic heterocycles. The number of rotatable bonds is 2. The van der Waals surface area contributed by atoms with Gasteiger partial charge in [-0.05, 0) is 30.7 Å². The Balaban J connectivity index is 0.00000169. The molecule has 0 atom stereocenters. The van der Waals surface area contributed by atoms with Crippen LogP contribution < -0.4 is 0 Å². The van der Waals surface area contributed by atoms with Crippen molar-refractivity contribution in [1.29, 1.82) is 0 Å². The fourth-order valence-electron chi connectivity index (χ4n) is 0.947. The van der Waals surface area contributed by atoms with Gasteiger partial charge < -0.3 is 10.2 Å². The van der Waals surface area contributed by atoms with E-state index in [1.165, 1.54) is 12.1 Å². The van der Waals surface area contributed by atoms with E-state index in [0.29, 0.717) is 5.02 Å². The molecule has 1 rings (SSSR count). The van der Waals surface area contributed by atoms with Gasteiger partial charge >= 0.3 is 29.6 Å². The van der Waals surface area contributed by atoms with Crippen molar-refractivity contribution in [2.75, 3.05) is 0 Å². The van der Waals surface area contributed by atoms with Crippen molar-refractivity contribution in [2.45, 2.75) is 13.2 Å². The predicted molar refractivity (Wildman–Crippen MR) is 55.9 cm³/mol. The summed E-state index contributed by atoms with van der Waals surface area (Å²) in [5, 5.41) is 17.8. The number of aliphatic hydroxyl groups is 2. The summed E-state index contributed by atoms with van der Waals surface area (Å²) >= 11 is 5.73. The number of carbonyl (C=O) groups excluding carboxylic acids is 1. The number of hydrogen-bond donors (Lipinski definition) is 2. The number of carbonyl (C=O) groups is 1. The SMILES string of the molecule is Cc1cc(C(=O)C(O)O)ccc1Cl.[NaH]. The van der Waals surface area contributed by atoms with E-state index in [-0.39, 0.29) is 35.1 Å². The Morgan fingerprint density at radius 2 is 2.00 bits per heavy atom. The maximum atomic E-state index is 11.1. The molecule has 0 aliphatic carbocycles. The van der Waals surface area contributed by atoms with Crippen molar-refractivity contribution < 1.29 is 15.0 Å². The third-order valence-electron chi connectivity index (χ3n) is 1.68. The molecular formula is C9H10ClNaO3. The van der Waals surface area contributed by atoms with Crippen molar-refractivity contribution >= 4 is 46.9 Å². The van der Waals surface area contributed by atoms with Gasteiger partial charge in [-0.2, -0.15) is 0 Å². The van der Waals surface area contributed by atoms with Crippen LogP contribution in [-0.2, 0) is 0 Å². The van der Waals surface area contributed by atoms with Gasteiger partial charge in [-0.25, -0.2) is 0 Å². The second kappa shape index (κ2) is 5.85. The molecule has 0 radical (unpaired) electrons. The molecule has 0 bridgehead atoms. The average Bonchev–Trinajstić information content (AvgIpc) is 2.08. The molecule has 0 fully saturated rings. The normalized spacial score (nSPS) is 9.79. The molecule has 0 unspecified atom stereocenters. The predicted octanol–water partition coefficient (Wildman–Crippen LogP) is 0.493. The molecule has 72 valence electrons. The molecule has 3 nitrogen and oxygen atoms in total. The van der Waals surface area contributed by atoms with Crippen LogP contribution in [-0.4, -0.2) is 51.8 Å². The Hall–Kier alpha value is 0.100. The molecular weight excluding hydrogens is 215 g/mol. The maximum absolute atomic E-state index is 11.1. The van der Waals surface area contributed by atoms with E-state index < -0.39 is 12.1 Å². The van der Waals surface area contributed by atoms with Gasteiger partial charge in [0.1, 0.15) is 0 Å². The van der Waals surface area contributed by atoms with Crippen LogP contribution in [0.4, 0.5) is 0 Å². The molecule has 5 heteroatoms. The van der Waals surface area contributed by atoms with E-state index in [1.807, 2.05) is 0 Å². The molecule has 0 spiro atoms. The van der Waals surface area contributed by atoms with Gasteiger partial charge in [-0.15, -0.1) is 0 Å². The van der Waals surface area contributed by atoms with Gasteiger partial charge in [-0.1, -0.05) is 11.6 Å². The minimum absolute atomic E-state index is 0. The van der Waals surface area contributed by atoms with Crippen LogP contribution in [0.3, 0.4) is 0 Å². The Bertz CT molecular complexity index is 339. The zero-order chi connectivity index (χ0) is 10.0. The second-order valence-electron chi connectivity index (χ2n) is 2.70. The van der Waals surface area contributed by atoms with Crippen LogP contribution in [0.15, 0.2) is 18.2 Å². The summed E-state index contributed by atoms with van der Waals surface area (Å²) in [4.78, 5) is 11.1. The summed E-state index contributed by atoms with van der Waals surface area (Å²) in [6.07, 6.45) is -1.96. The number of aliphatic hydroxyl groups excluding tert-OH is 1. The van der Waals surface area contributed by atoms with Crippen molar-refractivity contribution in [3.63, 3.8) is 0 Å². The van der Waals surface area contributed by atoms with Gasteiger partial charge in [0.25, 0.3) is 0 Å². The standard InChI is InChI=1S/C9H9ClO3.Na.H/c1-5-4-6(2-3-7(5)10)8(11)9(12)13;;/h2-4,9,12-13H,1H3;;. The van der Waals surface area contributed by atoms with Crippen molar-refractivity contribution in [2.24, 2.45) is 0 Å². The Kier molecular flexibility index (Phi) is 5.90. The van der Waals surface area contributed by atoms with E-state index in [9.17, 15) is 4.79 Å². The van der Waals surface area contributed by atoms with Crippen LogP contribution in [0.25, 0.3) is 0 Å². The van der Waals surface area contributed by atoms with E-state index >= 15 is 0 Å². The molecule has 1 aromatic carbocycles. The quantitative estimate of drug-likeness (QED) is 0.437. The third-order valence-corrected chi connectivity index (χ3v) is 2.10. The molecule has 0 saturated carbocycles. The molecule has 1 aromatic rings. The summed E-state index contributed by atoms with van der Waals surface area (Å²) in [7, 11) is 0. The summed E-state index contributed by atoms with van der Waals surface area (Å²) in [6, 6.07) is 4.52. The Labute approximate surface area is 109 Å². The average molecular weight is 225 g/mol. The van der Waals surface area contributed by atoms with E-state index in [4.69, 9.17) is 21.8 Å². The molecule has 0 saturated heterocycles. The number of aryl methyl sites for hydroxylation is 1. The third kappa shape index (κ3) is 3.35. The van der Waals surface area contributed by atoms with Crippen LogP contribution in [0.5, 0.6) is 0 Å². The first-order valence-corrected chi connectivity index (χ1v) is 4.06. The van der Waals surface area contributed by atoms with E-state index in [1.54, 1.807) is 13.0 Å². The zero-order valence-electron chi connectivity index (χ0n) is 6.99. The first-order valence-electron chi connectivity index (χ1n) is 3.69. The number of benzene rings is 1. The van der Waals surface area contributed by atoms with E-state index in [2.05, 4.69) is 0 Å². The number of hydrogen-bond acceptors (Lipinski definition) is 3. The van der Waals surface area contributed by atoms with E-state index in [0.717, 1.165) is 5.56 Å². The van der Waals surface area contributed by atoms with Crippen molar-refractivity contribution in [3.8, 4) is 0 Å². The topological polar surface area (TPSA) is 57.5 Å². The molecule has 0 amide bonds. The summed E-state index contributed by atoms with van der Waals surface area (Å²) in [5.74, 6) is -0.722. The van der Waals surface area contributed by atoms with Crippen LogP contribution >= 0.6 is 11.6 Å². The molecule has 0 aliphatic rings. The summed E-state index contributed by atoms with van der Waals surface area (Å²) < 4.78 is 0. The van der Waals surface area contributed by atoms with Crippen molar-refractivity contribution in [3.05, 3.63) is 34.3 Å². The molecule has 14 heavy (non-hydrogen) atoms. The van der Waals surface area contributed by atoms with Gasteiger partial charge in [0.2, 0.25) is 12.1 Å². The van der Waals surface area contributed by atoms with Gasteiger partial charge in [0.15, 0.2) is 0 Å². The number of Topliss-reactive ketones (excluding diaryl/α,β-unsaturated/α-hetero) is 1. The van der Waals surface area contributed by atoms with Crippen LogP contribution in [0.1, 0.15) is 15.9 Å². The second-order valence-corrected chi connectivity index (χ2v) is 3.11. The first-order chi connectivity index (χ1) is 6.02. The van der Waals surface area contributed by atoms with Gasteiger partial charge in [0.05, 0.1) is 0 Å². The minimum atomic E-state index is -1.96. The Morgan fingerprint density at radius 1 is 1.43 bits per heavy atom. The first kappa shape index (κ1) is 14.1.